The first-order valence-corrected chi connectivity index (χ1v) is 11.5. The van der Waals surface area contributed by atoms with E-state index < -0.39 is 0 Å². The Morgan fingerprint density at radius 3 is 2.65 bits per heavy atom. The number of carbonyl (C=O) groups is 1. The maximum Gasteiger partial charge on any atom is 0.234 e. The van der Waals surface area contributed by atoms with Gasteiger partial charge in [-0.1, -0.05) is 53.4 Å². The van der Waals surface area contributed by atoms with Crippen molar-refractivity contribution < 1.29 is 9.53 Å². The molecule has 9 nitrogen and oxygen atoms in total. The number of nitrogens with zero attached hydrogens (tertiary/aromatic N) is 6. The van der Waals surface area contributed by atoms with Gasteiger partial charge in [-0.25, -0.2) is 4.68 Å². The van der Waals surface area contributed by atoms with Crippen molar-refractivity contribution in [3.63, 3.8) is 0 Å². The van der Waals surface area contributed by atoms with Gasteiger partial charge in [0.2, 0.25) is 5.91 Å². The Hall–Kier alpha value is -4.18. The Labute approximate surface area is 199 Å². The van der Waals surface area contributed by atoms with E-state index in [1.807, 2.05) is 77.4 Å². The van der Waals surface area contributed by atoms with Crippen LogP contribution in [0.15, 0.2) is 84.0 Å². The van der Waals surface area contributed by atoms with Crippen molar-refractivity contribution in [2.24, 2.45) is 0 Å². The summed E-state index contributed by atoms with van der Waals surface area (Å²) in [5, 5.41) is 20.8. The molecule has 170 valence electrons. The van der Waals surface area contributed by atoms with E-state index in [1.165, 1.54) is 11.8 Å². The summed E-state index contributed by atoms with van der Waals surface area (Å²) >= 11 is 1.32. The van der Waals surface area contributed by atoms with Crippen LogP contribution in [0.1, 0.15) is 5.82 Å². The number of amides is 1. The summed E-state index contributed by atoms with van der Waals surface area (Å²) in [5.74, 6) is 1.40. The van der Waals surface area contributed by atoms with Crippen LogP contribution in [-0.4, -0.2) is 48.5 Å². The number of ether oxygens (including phenoxy) is 1. The monoisotopic (exact) mass is 471 g/mol. The van der Waals surface area contributed by atoms with E-state index in [4.69, 9.17) is 4.74 Å². The van der Waals surface area contributed by atoms with Crippen LogP contribution in [0.3, 0.4) is 0 Å². The Morgan fingerprint density at radius 2 is 1.79 bits per heavy atom. The molecule has 5 aromatic rings. The second-order valence-electron chi connectivity index (χ2n) is 7.37. The summed E-state index contributed by atoms with van der Waals surface area (Å²) in [7, 11) is 1.59. The molecule has 0 aliphatic carbocycles. The number of methoxy groups -OCH3 is 1. The highest BCUT2D eigenvalue weighted by Gasteiger charge is 2.17. The molecular formula is C24H21N7O2S. The highest BCUT2D eigenvalue weighted by Crippen LogP contribution is 2.24. The molecule has 1 amide bonds. The van der Waals surface area contributed by atoms with E-state index in [-0.39, 0.29) is 11.7 Å². The fourth-order valence-electron chi connectivity index (χ4n) is 3.53. The number of aromatic nitrogens is 6. The van der Waals surface area contributed by atoms with Gasteiger partial charge in [0.25, 0.3) is 0 Å². The number of benzene rings is 3. The largest absolute Gasteiger partial charge is 0.497 e. The molecule has 0 bridgehead atoms. The van der Waals surface area contributed by atoms with Gasteiger partial charge in [-0.05, 0) is 36.4 Å². The SMILES string of the molecule is COc1cccc(NC(=O)CSc2nnc(Cn3nnc4ccccc43)n2-c2ccccc2)c1. The number of carbonyl (C=O) groups excluding carboxylic acids is 1. The predicted octanol–water partition coefficient (Wildman–Crippen LogP) is 3.80. The third-order valence-electron chi connectivity index (χ3n) is 5.11. The van der Waals surface area contributed by atoms with Crippen LogP contribution >= 0.6 is 11.8 Å². The van der Waals surface area contributed by atoms with Crippen molar-refractivity contribution in [2.75, 3.05) is 18.2 Å². The number of thioether (sulfide) groups is 1. The number of anilines is 1. The molecule has 0 radical (unpaired) electrons. The number of hydrogen-bond acceptors (Lipinski definition) is 7. The van der Waals surface area contributed by atoms with Crippen LogP contribution in [-0.2, 0) is 11.3 Å². The topological polar surface area (TPSA) is 99.8 Å². The summed E-state index contributed by atoms with van der Waals surface area (Å²) in [6.45, 7) is 0.388. The number of nitrogens with one attached hydrogen (secondary N) is 1. The fourth-order valence-corrected chi connectivity index (χ4v) is 4.30. The Balaban J connectivity index is 1.38. The summed E-state index contributed by atoms with van der Waals surface area (Å²) < 4.78 is 8.95. The molecule has 1 N–H and O–H groups in total. The van der Waals surface area contributed by atoms with Gasteiger partial charge < -0.3 is 10.1 Å². The summed E-state index contributed by atoms with van der Waals surface area (Å²) in [6.07, 6.45) is 0. The second-order valence-corrected chi connectivity index (χ2v) is 8.32. The molecule has 0 unspecified atom stereocenters. The molecule has 3 aromatic carbocycles. The highest BCUT2D eigenvalue weighted by molar-refractivity contribution is 7.99. The number of para-hydroxylation sites is 2. The molecule has 0 aliphatic heterocycles. The van der Waals surface area contributed by atoms with Crippen LogP contribution in [0, 0.1) is 0 Å². The molecule has 2 aromatic heterocycles. The minimum absolute atomic E-state index is 0.148. The molecule has 0 saturated heterocycles. The van der Waals surface area contributed by atoms with Crippen LogP contribution in [0.4, 0.5) is 5.69 Å². The zero-order chi connectivity index (χ0) is 23.3. The van der Waals surface area contributed by atoms with Gasteiger partial charge >= 0.3 is 0 Å². The van der Waals surface area contributed by atoms with Crippen LogP contribution in [0.25, 0.3) is 16.7 Å². The van der Waals surface area contributed by atoms with Gasteiger partial charge in [0, 0.05) is 17.4 Å². The smallest absolute Gasteiger partial charge is 0.234 e. The van der Waals surface area contributed by atoms with Crippen molar-refractivity contribution in [2.45, 2.75) is 11.7 Å². The first-order chi connectivity index (χ1) is 16.7. The first kappa shape index (κ1) is 21.7. The Kier molecular flexibility index (Phi) is 6.21. The van der Waals surface area contributed by atoms with Gasteiger partial charge in [0.15, 0.2) is 11.0 Å². The summed E-state index contributed by atoms with van der Waals surface area (Å²) in [6, 6.07) is 24.8. The summed E-state index contributed by atoms with van der Waals surface area (Å²) in [5.41, 5.74) is 3.31. The van der Waals surface area contributed by atoms with E-state index in [9.17, 15) is 4.79 Å². The molecule has 10 heteroatoms. The molecule has 0 spiro atoms. The molecule has 0 saturated carbocycles. The third kappa shape index (κ3) is 4.62. The van der Waals surface area contributed by atoms with Crippen LogP contribution in [0.5, 0.6) is 5.75 Å². The van der Waals surface area contributed by atoms with E-state index >= 15 is 0 Å². The highest BCUT2D eigenvalue weighted by atomic mass is 32.2. The normalized spacial score (nSPS) is 11.0. The lowest BCUT2D eigenvalue weighted by molar-refractivity contribution is -0.113. The lowest BCUT2D eigenvalue weighted by Crippen LogP contribution is -2.15. The van der Waals surface area contributed by atoms with Gasteiger partial charge in [-0.3, -0.25) is 9.36 Å². The number of fused-ring (bicyclic) bond motifs is 1. The minimum atomic E-state index is -0.148. The predicted molar refractivity (Wildman–Crippen MR) is 130 cm³/mol. The van der Waals surface area contributed by atoms with E-state index in [1.54, 1.807) is 17.9 Å². The molecule has 5 rings (SSSR count). The van der Waals surface area contributed by atoms with Crippen molar-refractivity contribution in [3.05, 3.63) is 84.7 Å². The Bertz CT molecular complexity index is 1430. The van der Waals surface area contributed by atoms with Gasteiger partial charge in [-0.2, -0.15) is 0 Å². The summed E-state index contributed by atoms with van der Waals surface area (Å²) in [4.78, 5) is 12.6. The second kappa shape index (κ2) is 9.75. The standard InChI is InChI=1S/C24H21N7O2S/c1-33-19-11-7-8-17(14-19)25-23(32)16-34-24-28-27-22(31(24)18-9-3-2-4-10-18)15-30-21-13-6-5-12-20(21)26-29-30/h2-14H,15-16H2,1H3,(H,25,32). The average Bonchev–Trinajstić information content (AvgIpc) is 3.48. The van der Waals surface area contributed by atoms with E-state index in [0.717, 1.165) is 16.7 Å². The van der Waals surface area contributed by atoms with Crippen molar-refractivity contribution in [1.29, 1.82) is 0 Å². The van der Waals surface area contributed by atoms with Crippen molar-refractivity contribution >= 4 is 34.4 Å². The molecule has 2 heterocycles. The molecular weight excluding hydrogens is 450 g/mol. The lowest BCUT2D eigenvalue weighted by Gasteiger charge is -2.11. The zero-order valence-electron chi connectivity index (χ0n) is 18.3. The van der Waals surface area contributed by atoms with E-state index in [2.05, 4.69) is 25.8 Å². The molecule has 0 fully saturated rings. The molecule has 34 heavy (non-hydrogen) atoms. The number of rotatable bonds is 8. The van der Waals surface area contributed by atoms with Crippen LogP contribution < -0.4 is 10.1 Å². The van der Waals surface area contributed by atoms with Crippen molar-refractivity contribution in [1.82, 2.24) is 29.8 Å². The van der Waals surface area contributed by atoms with Crippen LogP contribution in [0.2, 0.25) is 0 Å². The lowest BCUT2D eigenvalue weighted by atomic mass is 10.3. The zero-order valence-corrected chi connectivity index (χ0v) is 19.1. The quantitative estimate of drug-likeness (QED) is 0.344. The van der Waals surface area contributed by atoms with E-state index in [0.29, 0.717) is 29.0 Å². The fraction of sp³-hybridized carbons (Fsp3) is 0.125. The number of hydrogen-bond donors (Lipinski definition) is 1. The third-order valence-corrected chi connectivity index (χ3v) is 6.04. The van der Waals surface area contributed by atoms with Gasteiger partial charge in [0.1, 0.15) is 17.8 Å². The van der Waals surface area contributed by atoms with Gasteiger partial charge in [-0.15, -0.1) is 15.3 Å². The average molecular weight is 472 g/mol. The molecule has 0 atom stereocenters. The molecule has 0 aliphatic rings. The maximum absolute atomic E-state index is 12.6. The Morgan fingerprint density at radius 1 is 0.971 bits per heavy atom. The minimum Gasteiger partial charge on any atom is -0.497 e. The first-order valence-electron chi connectivity index (χ1n) is 10.6. The maximum atomic E-state index is 12.6. The van der Waals surface area contributed by atoms with Gasteiger partial charge in [0.05, 0.1) is 18.4 Å². The van der Waals surface area contributed by atoms with Crippen molar-refractivity contribution in [3.8, 4) is 11.4 Å².